The highest BCUT2D eigenvalue weighted by atomic mass is 32.2. The van der Waals surface area contributed by atoms with Crippen LogP contribution < -0.4 is 10.5 Å². The van der Waals surface area contributed by atoms with Crippen LogP contribution in [0, 0.1) is 6.92 Å². The maximum Gasteiger partial charge on any atom is 0.283 e. The number of anilines is 2. The maximum absolute atomic E-state index is 11.9. The second-order valence-electron chi connectivity index (χ2n) is 3.28. The number of sulfonamides is 1. The highest BCUT2D eigenvalue weighted by molar-refractivity contribution is 7.93. The molecule has 3 N–H and O–H groups in total. The minimum absolute atomic E-state index is 0.105. The van der Waals surface area contributed by atoms with Crippen LogP contribution in [-0.2, 0) is 10.0 Å². The fraction of sp³-hybridized carbons (Fsp3) is 0.111. The highest BCUT2D eigenvalue weighted by Crippen LogP contribution is 2.22. The Morgan fingerprint density at radius 3 is 2.76 bits per heavy atom. The Kier molecular flexibility index (Phi) is 2.99. The third-order valence-electron chi connectivity index (χ3n) is 1.90. The van der Waals surface area contributed by atoms with Gasteiger partial charge in [0.1, 0.15) is 0 Å². The van der Waals surface area contributed by atoms with Crippen molar-refractivity contribution in [1.82, 2.24) is 9.97 Å². The minimum Gasteiger partial charge on any atom is -0.396 e. The van der Waals surface area contributed by atoms with E-state index in [1.807, 2.05) is 6.92 Å². The van der Waals surface area contributed by atoms with Gasteiger partial charge in [-0.15, -0.1) is 11.3 Å². The molecule has 90 valence electrons. The monoisotopic (exact) mass is 270 g/mol. The SMILES string of the molecule is Cc1cnc(NS(=O)(=O)c2ncccc2N)s1. The van der Waals surface area contributed by atoms with Gasteiger partial charge < -0.3 is 5.73 Å². The predicted molar refractivity (Wildman–Crippen MR) is 66.3 cm³/mol. The lowest BCUT2D eigenvalue weighted by atomic mass is 10.4. The van der Waals surface area contributed by atoms with Crippen molar-refractivity contribution in [1.29, 1.82) is 0 Å². The number of nitrogens with one attached hydrogen (secondary N) is 1. The molecule has 0 atom stereocenters. The van der Waals surface area contributed by atoms with Crippen molar-refractivity contribution < 1.29 is 8.42 Å². The number of pyridine rings is 1. The fourth-order valence-corrected chi connectivity index (χ4v) is 3.16. The number of aryl methyl sites for hydroxylation is 1. The Morgan fingerprint density at radius 1 is 1.41 bits per heavy atom. The molecule has 0 aliphatic rings. The van der Waals surface area contributed by atoms with Crippen LogP contribution in [0.1, 0.15) is 4.88 Å². The molecule has 0 aliphatic heterocycles. The normalized spacial score (nSPS) is 11.4. The Hall–Kier alpha value is -1.67. The van der Waals surface area contributed by atoms with Crippen molar-refractivity contribution in [3.05, 3.63) is 29.4 Å². The van der Waals surface area contributed by atoms with E-state index in [4.69, 9.17) is 5.73 Å². The van der Waals surface area contributed by atoms with E-state index in [0.29, 0.717) is 5.13 Å². The van der Waals surface area contributed by atoms with Crippen LogP contribution in [0.15, 0.2) is 29.6 Å². The zero-order valence-corrected chi connectivity index (χ0v) is 10.5. The van der Waals surface area contributed by atoms with E-state index >= 15 is 0 Å². The van der Waals surface area contributed by atoms with Crippen LogP contribution in [0.2, 0.25) is 0 Å². The Labute approximate surface area is 103 Å². The van der Waals surface area contributed by atoms with Gasteiger partial charge in [-0.25, -0.2) is 9.97 Å². The van der Waals surface area contributed by atoms with Crippen molar-refractivity contribution in [3.8, 4) is 0 Å². The number of nitrogen functional groups attached to an aromatic ring is 1. The molecular weight excluding hydrogens is 260 g/mol. The molecule has 8 heteroatoms. The molecule has 0 aliphatic carbocycles. The summed E-state index contributed by atoms with van der Waals surface area (Å²) in [6, 6.07) is 3.05. The minimum atomic E-state index is -3.77. The predicted octanol–water partition coefficient (Wildman–Crippen LogP) is 1.23. The van der Waals surface area contributed by atoms with Gasteiger partial charge in [-0.2, -0.15) is 8.42 Å². The average Bonchev–Trinajstić information content (AvgIpc) is 2.63. The molecular formula is C9H10N4O2S2. The van der Waals surface area contributed by atoms with Gasteiger partial charge in [0.15, 0.2) is 10.2 Å². The number of thiazole rings is 1. The summed E-state index contributed by atoms with van der Waals surface area (Å²) < 4.78 is 26.2. The molecule has 0 radical (unpaired) electrons. The van der Waals surface area contributed by atoms with Crippen LogP contribution in [0.3, 0.4) is 0 Å². The second kappa shape index (κ2) is 4.30. The van der Waals surface area contributed by atoms with Crippen molar-refractivity contribution in [3.63, 3.8) is 0 Å². The summed E-state index contributed by atoms with van der Waals surface area (Å²) in [6.07, 6.45) is 2.96. The molecule has 6 nitrogen and oxygen atoms in total. The molecule has 0 fully saturated rings. The first-order valence-corrected chi connectivity index (χ1v) is 6.95. The molecule has 0 bridgehead atoms. The summed E-state index contributed by atoms with van der Waals surface area (Å²) in [6.45, 7) is 1.84. The quantitative estimate of drug-likeness (QED) is 0.874. The fourth-order valence-electron chi connectivity index (χ4n) is 1.19. The van der Waals surface area contributed by atoms with Gasteiger partial charge in [-0.05, 0) is 19.1 Å². The van der Waals surface area contributed by atoms with Crippen molar-refractivity contribution in [2.24, 2.45) is 0 Å². The summed E-state index contributed by atoms with van der Waals surface area (Å²) in [7, 11) is -3.77. The van der Waals surface area contributed by atoms with E-state index in [9.17, 15) is 8.42 Å². The third kappa shape index (κ3) is 2.53. The van der Waals surface area contributed by atoms with Crippen molar-refractivity contribution in [2.45, 2.75) is 11.9 Å². The van der Waals surface area contributed by atoms with Gasteiger partial charge in [-0.1, -0.05) is 0 Å². The zero-order chi connectivity index (χ0) is 12.5. The van der Waals surface area contributed by atoms with Crippen LogP contribution >= 0.6 is 11.3 Å². The first-order chi connectivity index (χ1) is 7.99. The number of aromatic nitrogens is 2. The molecule has 0 saturated heterocycles. The van der Waals surface area contributed by atoms with Crippen molar-refractivity contribution >= 4 is 32.2 Å². The Morgan fingerprint density at radius 2 is 2.18 bits per heavy atom. The van der Waals surface area contributed by atoms with E-state index in [0.717, 1.165) is 4.88 Å². The molecule has 0 aromatic carbocycles. The molecule has 17 heavy (non-hydrogen) atoms. The lowest BCUT2D eigenvalue weighted by Gasteiger charge is -2.05. The summed E-state index contributed by atoms with van der Waals surface area (Å²) in [4.78, 5) is 8.58. The van der Waals surface area contributed by atoms with Crippen LogP contribution in [0.4, 0.5) is 10.8 Å². The lowest BCUT2D eigenvalue weighted by molar-refractivity contribution is 0.598. The first kappa shape index (κ1) is 11.8. The van der Waals surface area contributed by atoms with Gasteiger partial charge in [0.25, 0.3) is 10.0 Å². The molecule has 2 rings (SSSR count). The Balaban J connectivity index is 2.35. The Bertz CT molecular complexity index is 636. The number of rotatable bonds is 3. The number of nitrogens with zero attached hydrogens (tertiary/aromatic N) is 2. The smallest absolute Gasteiger partial charge is 0.283 e. The molecule has 2 aromatic heterocycles. The zero-order valence-electron chi connectivity index (χ0n) is 8.91. The number of nitrogens with two attached hydrogens (primary N) is 1. The summed E-state index contributed by atoms with van der Waals surface area (Å²) in [5.41, 5.74) is 5.67. The van der Waals surface area contributed by atoms with Crippen LogP contribution in [-0.4, -0.2) is 18.4 Å². The highest BCUT2D eigenvalue weighted by Gasteiger charge is 2.20. The topological polar surface area (TPSA) is 98.0 Å². The number of hydrogen-bond acceptors (Lipinski definition) is 6. The molecule has 0 unspecified atom stereocenters. The second-order valence-corrected chi connectivity index (χ2v) is 6.11. The van der Waals surface area contributed by atoms with Gasteiger partial charge in [0.2, 0.25) is 0 Å². The standard InChI is InChI=1S/C9H10N4O2S2/c1-6-5-12-9(16-6)13-17(14,15)8-7(10)3-2-4-11-8/h2-5H,10H2,1H3,(H,12,13). The van der Waals surface area contributed by atoms with E-state index in [2.05, 4.69) is 14.7 Å². The first-order valence-electron chi connectivity index (χ1n) is 4.65. The lowest BCUT2D eigenvalue weighted by Crippen LogP contribution is -2.16. The molecule has 0 saturated carbocycles. The summed E-state index contributed by atoms with van der Waals surface area (Å²) in [5, 5.41) is 0.111. The number of hydrogen-bond donors (Lipinski definition) is 2. The van der Waals surface area contributed by atoms with Gasteiger partial charge in [-0.3, -0.25) is 4.72 Å². The van der Waals surface area contributed by atoms with E-state index in [1.165, 1.54) is 23.6 Å². The van der Waals surface area contributed by atoms with Crippen LogP contribution in [0.5, 0.6) is 0 Å². The molecule has 2 aromatic rings. The van der Waals surface area contributed by atoms with Gasteiger partial charge >= 0.3 is 0 Å². The van der Waals surface area contributed by atoms with E-state index < -0.39 is 10.0 Å². The third-order valence-corrected chi connectivity index (χ3v) is 4.17. The largest absolute Gasteiger partial charge is 0.396 e. The van der Waals surface area contributed by atoms with Gasteiger partial charge in [0, 0.05) is 17.3 Å². The summed E-state index contributed by atoms with van der Waals surface area (Å²) in [5.74, 6) is 0. The molecule has 2 heterocycles. The molecule has 0 amide bonds. The summed E-state index contributed by atoms with van der Waals surface area (Å²) >= 11 is 1.25. The van der Waals surface area contributed by atoms with E-state index in [-0.39, 0.29) is 10.7 Å². The van der Waals surface area contributed by atoms with E-state index in [1.54, 1.807) is 12.3 Å². The molecule has 0 spiro atoms. The van der Waals surface area contributed by atoms with Crippen LogP contribution in [0.25, 0.3) is 0 Å². The average molecular weight is 270 g/mol. The van der Waals surface area contributed by atoms with Gasteiger partial charge in [0.05, 0.1) is 5.69 Å². The van der Waals surface area contributed by atoms with Crippen molar-refractivity contribution in [2.75, 3.05) is 10.5 Å². The maximum atomic E-state index is 11.9.